The molecule has 0 aliphatic carbocycles. The van der Waals surface area contributed by atoms with Gasteiger partial charge >= 0.3 is 12.3 Å². The van der Waals surface area contributed by atoms with E-state index in [1.807, 2.05) is 36.9 Å². The number of carbonyl (C=O) groups is 1. The maximum atomic E-state index is 13.1. The van der Waals surface area contributed by atoms with E-state index in [-0.39, 0.29) is 24.3 Å². The largest absolute Gasteiger partial charge is 0.446 e. The van der Waals surface area contributed by atoms with Crippen molar-refractivity contribution in [3.8, 4) is 0 Å². The number of hydrogen-bond donors (Lipinski definition) is 0. The maximum absolute atomic E-state index is 13.1. The van der Waals surface area contributed by atoms with Gasteiger partial charge in [-0.05, 0) is 38.3 Å². The van der Waals surface area contributed by atoms with Crippen molar-refractivity contribution in [3.63, 3.8) is 0 Å². The second-order valence-corrected chi connectivity index (χ2v) is 10.9. The van der Waals surface area contributed by atoms with Crippen LogP contribution in [0.15, 0.2) is 42.6 Å². The molecule has 0 unspecified atom stereocenters. The summed E-state index contributed by atoms with van der Waals surface area (Å²) in [5, 5.41) is 0.610. The van der Waals surface area contributed by atoms with Crippen LogP contribution < -0.4 is 4.90 Å². The monoisotopic (exact) mass is 533 g/mol. The van der Waals surface area contributed by atoms with Gasteiger partial charge in [0.05, 0.1) is 22.3 Å². The van der Waals surface area contributed by atoms with Crippen LogP contribution in [-0.2, 0) is 17.5 Å². The van der Waals surface area contributed by atoms with Gasteiger partial charge in [-0.3, -0.25) is 9.80 Å². The number of thiazole rings is 1. The fourth-order valence-corrected chi connectivity index (χ4v) is 6.15. The molecule has 37 heavy (non-hydrogen) atoms. The van der Waals surface area contributed by atoms with Crippen LogP contribution in [0.4, 0.5) is 23.1 Å². The Bertz CT molecular complexity index is 1220. The molecule has 2 aliphatic heterocycles. The average molecular weight is 534 g/mol. The number of carbonyl (C=O) groups excluding carboxylic acids is 1. The summed E-state index contributed by atoms with van der Waals surface area (Å²) in [6.45, 7) is 7.61. The number of fused-ring (bicyclic) bond motifs is 1. The number of hydrogen-bond acceptors (Lipinski definition) is 7. The lowest BCUT2D eigenvalue weighted by molar-refractivity contribution is -0.137. The second-order valence-electron chi connectivity index (χ2n) is 9.90. The van der Waals surface area contributed by atoms with Gasteiger partial charge in [-0.25, -0.2) is 9.78 Å². The summed E-state index contributed by atoms with van der Waals surface area (Å²) in [4.78, 5) is 27.7. The van der Waals surface area contributed by atoms with Crippen molar-refractivity contribution < 1.29 is 22.7 Å². The Hall–Kier alpha value is -2.92. The molecule has 3 aromatic rings. The summed E-state index contributed by atoms with van der Waals surface area (Å²) < 4.78 is 45.5. The fraction of sp³-hybridized carbons (Fsp3) is 0.500. The zero-order valence-electron chi connectivity index (χ0n) is 20.8. The number of halogens is 3. The standard InChI is InChI=1S/C26H30F3N5O2S/c1-17-14-33(24-31-23-22(37-24)12-20(13-30-23)26(27,28)29)15-18(2)34(17)25(35)36-21-8-10-32(11-9-21)16-19-6-4-3-5-7-19/h3-7,12-13,17-18,21H,8-11,14-16H2,1-2H3/t17-,18-/m1/s1. The van der Waals surface area contributed by atoms with Gasteiger partial charge in [0.1, 0.15) is 6.10 Å². The molecule has 2 aromatic heterocycles. The second kappa shape index (κ2) is 10.4. The molecule has 1 aromatic carbocycles. The minimum absolute atomic E-state index is 0.102. The molecule has 2 fully saturated rings. The molecular weight excluding hydrogens is 503 g/mol. The van der Waals surface area contributed by atoms with Gasteiger partial charge in [0.2, 0.25) is 0 Å². The lowest BCUT2D eigenvalue weighted by Gasteiger charge is -2.44. The van der Waals surface area contributed by atoms with Crippen molar-refractivity contribution in [1.82, 2.24) is 19.8 Å². The van der Waals surface area contributed by atoms with Crippen LogP contribution >= 0.6 is 11.3 Å². The Morgan fingerprint density at radius 1 is 1.11 bits per heavy atom. The zero-order chi connectivity index (χ0) is 26.2. The van der Waals surface area contributed by atoms with E-state index in [1.165, 1.54) is 16.9 Å². The number of piperazine rings is 1. The Morgan fingerprint density at radius 2 is 1.78 bits per heavy atom. The summed E-state index contributed by atoms with van der Waals surface area (Å²) >= 11 is 1.19. The quantitative estimate of drug-likeness (QED) is 0.447. The van der Waals surface area contributed by atoms with E-state index in [9.17, 15) is 18.0 Å². The van der Waals surface area contributed by atoms with Crippen LogP contribution in [0.25, 0.3) is 10.3 Å². The summed E-state index contributed by atoms with van der Waals surface area (Å²) in [5.41, 5.74) is 0.798. The molecule has 2 saturated heterocycles. The number of piperidine rings is 1. The first-order chi connectivity index (χ1) is 17.7. The van der Waals surface area contributed by atoms with Crippen LogP contribution in [0, 0.1) is 0 Å². The SMILES string of the molecule is C[C@@H]1CN(c2nc3ncc(C(F)(F)F)cc3s2)C[C@@H](C)N1C(=O)OC1CCN(Cc2ccccc2)CC1. The van der Waals surface area contributed by atoms with Crippen LogP contribution in [0.2, 0.25) is 0 Å². The Labute approximate surface area is 217 Å². The van der Waals surface area contributed by atoms with Gasteiger partial charge in [0.15, 0.2) is 10.8 Å². The molecule has 5 rings (SSSR count). The molecule has 1 amide bonds. The molecular formula is C26H30F3N5O2S. The number of ether oxygens (including phenoxy) is 1. The molecule has 4 heterocycles. The highest BCUT2D eigenvalue weighted by atomic mass is 32.1. The van der Waals surface area contributed by atoms with Crippen LogP contribution in [0.5, 0.6) is 0 Å². The van der Waals surface area contributed by atoms with E-state index in [0.717, 1.165) is 44.7 Å². The molecule has 11 heteroatoms. The van der Waals surface area contributed by atoms with E-state index < -0.39 is 11.7 Å². The van der Waals surface area contributed by atoms with E-state index in [0.29, 0.717) is 28.6 Å². The minimum Gasteiger partial charge on any atom is -0.446 e. The summed E-state index contributed by atoms with van der Waals surface area (Å²) in [5.74, 6) is 0. The lowest BCUT2D eigenvalue weighted by Crippen LogP contribution is -2.59. The first-order valence-electron chi connectivity index (χ1n) is 12.5. The number of rotatable bonds is 4. The van der Waals surface area contributed by atoms with Gasteiger partial charge in [-0.15, -0.1) is 0 Å². The van der Waals surface area contributed by atoms with Crippen LogP contribution in [0.3, 0.4) is 0 Å². The number of pyridine rings is 1. The first kappa shape index (κ1) is 25.7. The van der Waals surface area contributed by atoms with Gasteiger partial charge in [0, 0.05) is 38.9 Å². The smallest absolute Gasteiger partial charge is 0.417 e. The summed E-state index contributed by atoms with van der Waals surface area (Å²) in [7, 11) is 0. The molecule has 0 radical (unpaired) electrons. The van der Waals surface area contributed by atoms with Crippen molar-refractivity contribution in [2.75, 3.05) is 31.1 Å². The predicted octanol–water partition coefficient (Wildman–Crippen LogP) is 5.41. The summed E-state index contributed by atoms with van der Waals surface area (Å²) in [6.07, 6.45) is -2.42. The summed E-state index contributed by atoms with van der Waals surface area (Å²) in [6, 6.07) is 11.2. The van der Waals surface area contributed by atoms with Crippen molar-refractivity contribution in [2.45, 2.75) is 57.6 Å². The molecule has 0 spiro atoms. The van der Waals surface area contributed by atoms with Crippen molar-refractivity contribution in [3.05, 3.63) is 53.7 Å². The molecule has 7 nitrogen and oxygen atoms in total. The normalized spacial score (nSPS) is 22.0. The van der Waals surface area contributed by atoms with E-state index in [2.05, 4.69) is 27.0 Å². The topological polar surface area (TPSA) is 61.8 Å². The van der Waals surface area contributed by atoms with Gasteiger partial charge in [-0.1, -0.05) is 41.7 Å². The highest BCUT2D eigenvalue weighted by molar-refractivity contribution is 7.22. The zero-order valence-corrected chi connectivity index (χ0v) is 21.6. The van der Waals surface area contributed by atoms with Crippen molar-refractivity contribution in [2.24, 2.45) is 0 Å². The van der Waals surface area contributed by atoms with E-state index in [1.54, 1.807) is 4.90 Å². The Balaban J connectivity index is 1.16. The molecule has 0 N–H and O–H groups in total. The number of alkyl halides is 3. The Kier molecular flexibility index (Phi) is 7.26. The average Bonchev–Trinajstić information content (AvgIpc) is 3.29. The number of anilines is 1. The van der Waals surface area contributed by atoms with Gasteiger partial charge in [-0.2, -0.15) is 18.2 Å². The van der Waals surface area contributed by atoms with Gasteiger partial charge < -0.3 is 9.64 Å². The van der Waals surface area contributed by atoms with Crippen LogP contribution in [-0.4, -0.2) is 70.2 Å². The Morgan fingerprint density at radius 3 is 2.43 bits per heavy atom. The highest BCUT2D eigenvalue weighted by Crippen LogP contribution is 2.35. The highest BCUT2D eigenvalue weighted by Gasteiger charge is 2.37. The molecule has 0 saturated carbocycles. The third kappa shape index (κ3) is 5.82. The predicted molar refractivity (Wildman–Crippen MR) is 137 cm³/mol. The minimum atomic E-state index is -4.45. The third-order valence-electron chi connectivity index (χ3n) is 7.01. The van der Waals surface area contributed by atoms with E-state index >= 15 is 0 Å². The van der Waals surface area contributed by atoms with Crippen LogP contribution in [0.1, 0.15) is 37.8 Å². The number of amides is 1. The molecule has 2 aliphatic rings. The number of benzene rings is 1. The number of aromatic nitrogens is 2. The lowest BCUT2D eigenvalue weighted by atomic mass is 10.1. The van der Waals surface area contributed by atoms with Crippen molar-refractivity contribution >= 4 is 32.9 Å². The third-order valence-corrected chi connectivity index (χ3v) is 8.07. The van der Waals surface area contributed by atoms with Crippen molar-refractivity contribution in [1.29, 1.82) is 0 Å². The molecule has 198 valence electrons. The van der Waals surface area contributed by atoms with Gasteiger partial charge in [0.25, 0.3) is 0 Å². The molecule has 2 atom stereocenters. The number of nitrogens with zero attached hydrogens (tertiary/aromatic N) is 5. The fourth-order valence-electron chi connectivity index (χ4n) is 5.17. The first-order valence-corrected chi connectivity index (χ1v) is 13.3. The molecule has 0 bridgehead atoms. The number of likely N-dealkylation sites (tertiary alicyclic amines) is 1. The maximum Gasteiger partial charge on any atom is 0.417 e. The van der Waals surface area contributed by atoms with E-state index in [4.69, 9.17) is 4.74 Å².